The van der Waals surface area contributed by atoms with E-state index in [0.717, 1.165) is 6.42 Å². The van der Waals surface area contributed by atoms with Gasteiger partial charge >= 0.3 is 0 Å². The van der Waals surface area contributed by atoms with Gasteiger partial charge in [-0.15, -0.1) is 0 Å². The van der Waals surface area contributed by atoms with Crippen LogP contribution < -0.4 is 0 Å². The molecule has 2 atom stereocenters. The van der Waals surface area contributed by atoms with Crippen LogP contribution in [0, 0.1) is 5.92 Å². The topological polar surface area (TPSA) is 18.5 Å². The molecule has 1 aliphatic carbocycles. The van der Waals surface area contributed by atoms with E-state index in [1.807, 2.05) is 0 Å². The zero-order valence-electron chi connectivity index (χ0n) is 7.95. The predicted molar refractivity (Wildman–Crippen MR) is 46.8 cm³/mol. The van der Waals surface area contributed by atoms with E-state index in [2.05, 4.69) is 13.8 Å². The van der Waals surface area contributed by atoms with Crippen LogP contribution in [-0.2, 0) is 9.47 Å². The maximum absolute atomic E-state index is 5.77. The maximum Gasteiger partial charge on any atom is 0.158 e. The molecule has 0 radical (unpaired) electrons. The molecule has 1 saturated heterocycles. The minimum absolute atomic E-state index is 0.0975. The molecule has 2 heteroatoms. The van der Waals surface area contributed by atoms with E-state index in [9.17, 15) is 0 Å². The molecule has 70 valence electrons. The Kier molecular flexibility index (Phi) is 2.37. The van der Waals surface area contributed by atoms with Gasteiger partial charge in [-0.3, -0.25) is 0 Å². The molecule has 0 spiro atoms. The monoisotopic (exact) mass is 170 g/mol. The zero-order chi connectivity index (χ0) is 8.55. The summed E-state index contributed by atoms with van der Waals surface area (Å²) in [6, 6.07) is 0. The van der Waals surface area contributed by atoms with Gasteiger partial charge in [-0.2, -0.15) is 0 Å². The Hall–Kier alpha value is -0.0800. The molecular weight excluding hydrogens is 152 g/mol. The number of ether oxygens (including phenoxy) is 2. The summed E-state index contributed by atoms with van der Waals surface area (Å²) in [6.45, 7) is 4.42. The van der Waals surface area contributed by atoms with E-state index in [-0.39, 0.29) is 6.29 Å². The average Bonchev–Trinajstić information content (AvgIpc) is 2.43. The van der Waals surface area contributed by atoms with Gasteiger partial charge in [0.2, 0.25) is 0 Å². The molecule has 1 aliphatic heterocycles. The second-order valence-corrected chi connectivity index (χ2v) is 4.34. The Bertz CT molecular complexity index is 144. The average molecular weight is 170 g/mol. The molecule has 2 rings (SSSR count). The number of hydrogen-bond acceptors (Lipinski definition) is 2. The highest BCUT2D eigenvalue weighted by Gasteiger charge is 2.39. The molecular formula is C10H18O2. The third kappa shape index (κ3) is 1.64. The number of fused-ring (bicyclic) bond motifs is 1. The third-order valence-corrected chi connectivity index (χ3v) is 2.71. The summed E-state index contributed by atoms with van der Waals surface area (Å²) in [4.78, 5) is 0. The minimum atomic E-state index is 0.0975. The van der Waals surface area contributed by atoms with Gasteiger partial charge in [0, 0.05) is 6.42 Å². The summed E-state index contributed by atoms with van der Waals surface area (Å²) in [6.07, 6.45) is 5.69. The van der Waals surface area contributed by atoms with Gasteiger partial charge in [0.1, 0.15) is 0 Å². The first-order valence-corrected chi connectivity index (χ1v) is 5.06. The SMILES string of the molecule is CC(C)CC1OC2CCCC2O1. The molecule has 0 aromatic heterocycles. The van der Waals surface area contributed by atoms with Crippen LogP contribution in [0.5, 0.6) is 0 Å². The largest absolute Gasteiger partial charge is 0.347 e. The molecule has 0 aromatic carbocycles. The summed E-state index contributed by atoms with van der Waals surface area (Å²) in [5.74, 6) is 0.675. The van der Waals surface area contributed by atoms with Gasteiger partial charge in [0.05, 0.1) is 12.2 Å². The Morgan fingerprint density at radius 1 is 1.17 bits per heavy atom. The highest BCUT2D eigenvalue weighted by atomic mass is 16.7. The van der Waals surface area contributed by atoms with Crippen molar-refractivity contribution in [1.29, 1.82) is 0 Å². The Morgan fingerprint density at radius 2 is 1.75 bits per heavy atom. The highest BCUT2D eigenvalue weighted by Crippen LogP contribution is 2.34. The van der Waals surface area contributed by atoms with Crippen LogP contribution in [0.15, 0.2) is 0 Å². The lowest BCUT2D eigenvalue weighted by atomic mass is 10.1. The van der Waals surface area contributed by atoms with Gasteiger partial charge < -0.3 is 9.47 Å². The molecule has 0 amide bonds. The fraction of sp³-hybridized carbons (Fsp3) is 1.00. The van der Waals surface area contributed by atoms with Crippen molar-refractivity contribution in [1.82, 2.24) is 0 Å². The molecule has 2 nitrogen and oxygen atoms in total. The van der Waals surface area contributed by atoms with Crippen molar-refractivity contribution in [2.24, 2.45) is 5.92 Å². The molecule has 12 heavy (non-hydrogen) atoms. The molecule has 0 bridgehead atoms. The fourth-order valence-electron chi connectivity index (χ4n) is 2.12. The predicted octanol–water partition coefficient (Wildman–Crippen LogP) is 2.33. The summed E-state index contributed by atoms with van der Waals surface area (Å²) in [5.41, 5.74) is 0. The van der Waals surface area contributed by atoms with Crippen LogP contribution in [-0.4, -0.2) is 18.5 Å². The Morgan fingerprint density at radius 3 is 2.25 bits per heavy atom. The smallest absolute Gasteiger partial charge is 0.158 e. The van der Waals surface area contributed by atoms with Gasteiger partial charge in [0.15, 0.2) is 6.29 Å². The summed E-state index contributed by atoms with van der Waals surface area (Å²) >= 11 is 0. The lowest BCUT2D eigenvalue weighted by Gasteiger charge is -2.13. The first-order chi connectivity index (χ1) is 5.75. The van der Waals surface area contributed by atoms with Crippen LogP contribution in [0.2, 0.25) is 0 Å². The third-order valence-electron chi connectivity index (χ3n) is 2.71. The summed E-state index contributed by atoms with van der Waals surface area (Å²) in [5, 5.41) is 0. The van der Waals surface area contributed by atoms with Crippen molar-refractivity contribution in [2.45, 2.75) is 58.0 Å². The van der Waals surface area contributed by atoms with Gasteiger partial charge in [-0.25, -0.2) is 0 Å². The standard InChI is InChI=1S/C10H18O2/c1-7(2)6-10-11-8-4-3-5-9(8)12-10/h7-10H,3-6H2,1-2H3. The summed E-state index contributed by atoms with van der Waals surface area (Å²) < 4.78 is 11.5. The van der Waals surface area contributed by atoms with Crippen LogP contribution in [0.3, 0.4) is 0 Å². The molecule has 2 aliphatic rings. The first kappa shape index (κ1) is 8.52. The lowest BCUT2D eigenvalue weighted by molar-refractivity contribution is -0.0829. The van der Waals surface area contributed by atoms with Gasteiger partial charge in [0.25, 0.3) is 0 Å². The zero-order valence-corrected chi connectivity index (χ0v) is 7.95. The van der Waals surface area contributed by atoms with Crippen molar-refractivity contribution in [3.8, 4) is 0 Å². The van der Waals surface area contributed by atoms with Crippen molar-refractivity contribution >= 4 is 0 Å². The fourth-order valence-corrected chi connectivity index (χ4v) is 2.12. The Balaban J connectivity index is 1.82. The first-order valence-electron chi connectivity index (χ1n) is 5.06. The van der Waals surface area contributed by atoms with Crippen molar-refractivity contribution < 1.29 is 9.47 Å². The van der Waals surface area contributed by atoms with E-state index in [4.69, 9.17) is 9.47 Å². The molecule has 0 aromatic rings. The van der Waals surface area contributed by atoms with E-state index < -0.39 is 0 Å². The second-order valence-electron chi connectivity index (χ2n) is 4.34. The molecule has 2 fully saturated rings. The van der Waals surface area contributed by atoms with Gasteiger partial charge in [-0.05, 0) is 25.2 Å². The second kappa shape index (κ2) is 3.35. The molecule has 2 unspecified atom stereocenters. The number of hydrogen-bond donors (Lipinski definition) is 0. The maximum atomic E-state index is 5.77. The van der Waals surface area contributed by atoms with Crippen molar-refractivity contribution in [3.05, 3.63) is 0 Å². The van der Waals surface area contributed by atoms with E-state index in [1.165, 1.54) is 19.3 Å². The van der Waals surface area contributed by atoms with Crippen molar-refractivity contribution in [3.63, 3.8) is 0 Å². The highest BCUT2D eigenvalue weighted by molar-refractivity contribution is 4.83. The van der Waals surface area contributed by atoms with Crippen molar-refractivity contribution in [2.75, 3.05) is 0 Å². The quantitative estimate of drug-likeness (QED) is 0.633. The van der Waals surface area contributed by atoms with Crippen LogP contribution >= 0.6 is 0 Å². The number of rotatable bonds is 2. The van der Waals surface area contributed by atoms with Crippen LogP contribution in [0.1, 0.15) is 39.5 Å². The minimum Gasteiger partial charge on any atom is -0.347 e. The Labute approximate surface area is 74.2 Å². The molecule has 1 saturated carbocycles. The van der Waals surface area contributed by atoms with Crippen LogP contribution in [0.25, 0.3) is 0 Å². The normalized spacial score (nSPS) is 40.8. The molecule has 1 heterocycles. The van der Waals surface area contributed by atoms with E-state index in [0.29, 0.717) is 18.1 Å². The summed E-state index contributed by atoms with van der Waals surface area (Å²) in [7, 11) is 0. The van der Waals surface area contributed by atoms with E-state index >= 15 is 0 Å². The van der Waals surface area contributed by atoms with Crippen LogP contribution in [0.4, 0.5) is 0 Å². The van der Waals surface area contributed by atoms with Gasteiger partial charge in [-0.1, -0.05) is 13.8 Å². The lowest BCUT2D eigenvalue weighted by Crippen LogP contribution is -2.13. The van der Waals surface area contributed by atoms with E-state index in [1.54, 1.807) is 0 Å². The molecule has 0 N–H and O–H groups in total.